The zero-order valence-electron chi connectivity index (χ0n) is 16.3. The minimum absolute atomic E-state index is 0.0947. The van der Waals surface area contributed by atoms with E-state index in [0.717, 1.165) is 12.1 Å². The standard InChI is InChI=1S/C20H18F3N3O5/c1-12-10-13(7-8-16(12)26(29)30)19(28)25-9-3-6-17(25)18(27)24-14-4-2-5-15(11-14)31-20(21,22)23/h2,4-5,7-8,10-11,17H,3,6,9H2,1H3,(H,24,27). The summed E-state index contributed by atoms with van der Waals surface area (Å²) >= 11 is 0. The van der Waals surface area contributed by atoms with Crippen LogP contribution in [0.4, 0.5) is 24.5 Å². The average molecular weight is 437 g/mol. The number of nitro benzene ring substituents is 1. The van der Waals surface area contributed by atoms with Gasteiger partial charge in [0, 0.05) is 35.5 Å². The van der Waals surface area contributed by atoms with E-state index >= 15 is 0 Å². The molecule has 1 aliphatic heterocycles. The molecule has 0 bridgehead atoms. The van der Waals surface area contributed by atoms with E-state index in [0.29, 0.717) is 24.9 Å². The maximum Gasteiger partial charge on any atom is 0.573 e. The summed E-state index contributed by atoms with van der Waals surface area (Å²) in [4.78, 5) is 37.4. The number of anilines is 1. The van der Waals surface area contributed by atoms with E-state index in [2.05, 4.69) is 10.1 Å². The molecule has 2 amide bonds. The van der Waals surface area contributed by atoms with E-state index in [1.807, 2.05) is 0 Å². The highest BCUT2D eigenvalue weighted by atomic mass is 19.4. The molecule has 164 valence electrons. The molecule has 1 aliphatic rings. The van der Waals surface area contributed by atoms with E-state index in [1.165, 1.54) is 42.2 Å². The minimum Gasteiger partial charge on any atom is -0.406 e. The van der Waals surface area contributed by atoms with Gasteiger partial charge in [0.15, 0.2) is 0 Å². The van der Waals surface area contributed by atoms with Gasteiger partial charge >= 0.3 is 6.36 Å². The SMILES string of the molecule is Cc1cc(C(=O)N2CCCC2C(=O)Nc2cccc(OC(F)(F)F)c2)ccc1[N+](=O)[O-]. The first-order chi connectivity index (χ1) is 14.5. The maximum atomic E-state index is 12.9. The van der Waals surface area contributed by atoms with Crippen molar-refractivity contribution in [1.82, 2.24) is 4.90 Å². The average Bonchev–Trinajstić information content (AvgIpc) is 3.16. The Balaban J connectivity index is 1.73. The monoisotopic (exact) mass is 437 g/mol. The lowest BCUT2D eigenvalue weighted by Crippen LogP contribution is -2.43. The lowest BCUT2D eigenvalue weighted by Gasteiger charge is -2.24. The van der Waals surface area contributed by atoms with Crippen LogP contribution in [-0.4, -0.2) is 40.6 Å². The third-order valence-electron chi connectivity index (χ3n) is 4.79. The molecule has 1 fully saturated rings. The molecule has 0 aromatic heterocycles. The molecule has 31 heavy (non-hydrogen) atoms. The van der Waals surface area contributed by atoms with Gasteiger partial charge in [-0.05, 0) is 44.0 Å². The fourth-order valence-electron chi connectivity index (χ4n) is 3.44. The van der Waals surface area contributed by atoms with Crippen molar-refractivity contribution in [1.29, 1.82) is 0 Å². The number of nitrogens with zero attached hydrogens (tertiary/aromatic N) is 2. The van der Waals surface area contributed by atoms with E-state index in [1.54, 1.807) is 0 Å². The van der Waals surface area contributed by atoms with Gasteiger partial charge in [0.2, 0.25) is 5.91 Å². The van der Waals surface area contributed by atoms with Crippen molar-refractivity contribution in [3.63, 3.8) is 0 Å². The number of alkyl halides is 3. The molecule has 1 atom stereocenters. The van der Waals surface area contributed by atoms with E-state index in [4.69, 9.17) is 0 Å². The molecular formula is C20H18F3N3O5. The van der Waals surface area contributed by atoms with Gasteiger partial charge < -0.3 is 15.0 Å². The highest BCUT2D eigenvalue weighted by Crippen LogP contribution is 2.27. The second kappa shape index (κ2) is 8.62. The topological polar surface area (TPSA) is 102 Å². The number of halogens is 3. The van der Waals surface area contributed by atoms with E-state index < -0.39 is 34.9 Å². The fraction of sp³-hybridized carbons (Fsp3) is 0.300. The molecule has 0 radical (unpaired) electrons. The summed E-state index contributed by atoms with van der Waals surface area (Å²) in [7, 11) is 0. The summed E-state index contributed by atoms with van der Waals surface area (Å²) in [6.07, 6.45) is -3.92. The second-order valence-electron chi connectivity index (χ2n) is 6.98. The van der Waals surface area contributed by atoms with E-state index in [9.17, 15) is 32.9 Å². The number of nitro groups is 1. The molecule has 3 rings (SSSR count). The number of amides is 2. The molecule has 1 unspecified atom stereocenters. The first-order valence-electron chi connectivity index (χ1n) is 9.28. The highest BCUT2D eigenvalue weighted by molar-refractivity contribution is 6.01. The molecule has 1 saturated heterocycles. The van der Waals surface area contributed by atoms with E-state index in [-0.39, 0.29) is 16.9 Å². The Kier molecular flexibility index (Phi) is 6.14. The van der Waals surface area contributed by atoms with Gasteiger partial charge in [-0.2, -0.15) is 0 Å². The Labute approximate surface area is 174 Å². The summed E-state index contributed by atoms with van der Waals surface area (Å²) in [6, 6.07) is 7.98. The van der Waals surface area contributed by atoms with Crippen LogP contribution in [0.25, 0.3) is 0 Å². The molecule has 0 spiro atoms. The number of carbonyl (C=O) groups excluding carboxylic acids is 2. The normalized spacial score (nSPS) is 16.1. The largest absolute Gasteiger partial charge is 0.573 e. The first kappa shape index (κ1) is 22.1. The number of aryl methyl sites for hydroxylation is 1. The number of hydrogen-bond acceptors (Lipinski definition) is 5. The van der Waals surface area contributed by atoms with Crippen molar-refractivity contribution in [2.24, 2.45) is 0 Å². The van der Waals surface area contributed by atoms with Crippen LogP contribution in [0, 0.1) is 17.0 Å². The van der Waals surface area contributed by atoms with Crippen LogP contribution in [0.2, 0.25) is 0 Å². The number of likely N-dealkylation sites (tertiary alicyclic amines) is 1. The molecule has 0 aliphatic carbocycles. The van der Waals surface area contributed by atoms with Crippen molar-refractivity contribution in [3.8, 4) is 5.75 Å². The third kappa shape index (κ3) is 5.30. The smallest absolute Gasteiger partial charge is 0.406 e. The van der Waals surface area contributed by atoms with Gasteiger partial charge in [0.1, 0.15) is 11.8 Å². The summed E-state index contributed by atoms with van der Waals surface area (Å²) in [5.74, 6) is -1.48. The van der Waals surface area contributed by atoms with Crippen LogP contribution in [0.5, 0.6) is 5.75 Å². The number of rotatable bonds is 5. The van der Waals surface area contributed by atoms with Gasteiger partial charge in [-0.1, -0.05) is 6.07 Å². The second-order valence-corrected chi connectivity index (χ2v) is 6.98. The number of ether oxygens (including phenoxy) is 1. The van der Waals surface area contributed by atoms with Gasteiger partial charge in [-0.25, -0.2) is 0 Å². The zero-order chi connectivity index (χ0) is 22.8. The first-order valence-corrected chi connectivity index (χ1v) is 9.28. The predicted molar refractivity (Wildman–Crippen MR) is 104 cm³/mol. The van der Waals surface area contributed by atoms with Gasteiger partial charge in [-0.15, -0.1) is 13.2 Å². The number of carbonyl (C=O) groups is 2. The Morgan fingerprint density at radius 2 is 1.97 bits per heavy atom. The number of benzene rings is 2. The summed E-state index contributed by atoms with van der Waals surface area (Å²) < 4.78 is 41.0. The summed E-state index contributed by atoms with van der Waals surface area (Å²) in [6.45, 7) is 1.82. The maximum absolute atomic E-state index is 12.9. The molecule has 8 nitrogen and oxygen atoms in total. The molecule has 1 heterocycles. The van der Waals surface area contributed by atoms with Crippen molar-refractivity contribution in [2.45, 2.75) is 32.2 Å². The van der Waals surface area contributed by atoms with Gasteiger partial charge in [0.25, 0.3) is 11.6 Å². The predicted octanol–water partition coefficient (Wildman–Crippen LogP) is 4.05. The van der Waals surface area contributed by atoms with Crippen LogP contribution in [0.15, 0.2) is 42.5 Å². The Morgan fingerprint density at radius 1 is 1.23 bits per heavy atom. The molecular weight excluding hydrogens is 419 g/mol. The van der Waals surface area contributed by atoms with Crippen LogP contribution in [0.3, 0.4) is 0 Å². The third-order valence-corrected chi connectivity index (χ3v) is 4.79. The van der Waals surface area contributed by atoms with Crippen LogP contribution in [0.1, 0.15) is 28.8 Å². The fourth-order valence-corrected chi connectivity index (χ4v) is 3.44. The van der Waals surface area contributed by atoms with Crippen LogP contribution < -0.4 is 10.1 Å². The lowest BCUT2D eigenvalue weighted by molar-refractivity contribution is -0.385. The zero-order valence-corrected chi connectivity index (χ0v) is 16.3. The van der Waals surface area contributed by atoms with Gasteiger partial charge in [0.05, 0.1) is 4.92 Å². The Hall–Kier alpha value is -3.63. The number of hydrogen-bond donors (Lipinski definition) is 1. The molecule has 2 aromatic rings. The number of nitrogens with one attached hydrogen (secondary N) is 1. The highest BCUT2D eigenvalue weighted by Gasteiger charge is 2.35. The molecule has 1 N–H and O–H groups in total. The quantitative estimate of drug-likeness (QED) is 0.562. The van der Waals surface area contributed by atoms with Crippen LogP contribution in [-0.2, 0) is 4.79 Å². The summed E-state index contributed by atoms with van der Waals surface area (Å²) in [5, 5.41) is 13.5. The molecule has 0 saturated carbocycles. The van der Waals surface area contributed by atoms with Gasteiger partial charge in [-0.3, -0.25) is 19.7 Å². The Morgan fingerprint density at radius 3 is 2.61 bits per heavy atom. The minimum atomic E-state index is -4.86. The molecule has 2 aromatic carbocycles. The lowest BCUT2D eigenvalue weighted by atomic mass is 10.1. The van der Waals surface area contributed by atoms with Crippen molar-refractivity contribution in [3.05, 3.63) is 63.7 Å². The molecule has 11 heteroatoms. The van der Waals surface area contributed by atoms with Crippen molar-refractivity contribution < 1.29 is 32.4 Å². The van der Waals surface area contributed by atoms with Crippen molar-refractivity contribution in [2.75, 3.05) is 11.9 Å². The Bertz CT molecular complexity index is 1030. The van der Waals surface area contributed by atoms with Crippen molar-refractivity contribution >= 4 is 23.2 Å². The van der Waals surface area contributed by atoms with Crippen LogP contribution >= 0.6 is 0 Å². The summed E-state index contributed by atoms with van der Waals surface area (Å²) in [5.41, 5.74) is 0.506.